The number of carbonyl (C=O) groups excluding carboxylic acids is 1. The van der Waals surface area contributed by atoms with Crippen LogP contribution in [0.5, 0.6) is 0 Å². The molecule has 3 aromatic carbocycles. The number of carbonyl (C=O) groups is 1. The van der Waals surface area contributed by atoms with Crippen LogP contribution in [0.25, 0.3) is 0 Å². The van der Waals surface area contributed by atoms with Crippen molar-refractivity contribution >= 4 is 5.91 Å². The van der Waals surface area contributed by atoms with Gasteiger partial charge in [0.25, 0.3) is 5.91 Å². The van der Waals surface area contributed by atoms with Gasteiger partial charge in [0.1, 0.15) is 0 Å². The monoisotopic (exact) mass is 441 g/mol. The maximum Gasteiger partial charge on any atom is 0.253 e. The Morgan fingerprint density at radius 3 is 1.79 bits per heavy atom. The van der Waals surface area contributed by atoms with Crippen molar-refractivity contribution < 1.29 is 4.79 Å². The van der Waals surface area contributed by atoms with E-state index in [0.29, 0.717) is 0 Å². The normalized spacial score (nSPS) is 15.1. The second kappa shape index (κ2) is 10.3. The summed E-state index contributed by atoms with van der Waals surface area (Å²) in [4.78, 5) is 17.6. The van der Waals surface area contributed by atoms with Crippen molar-refractivity contribution in [3.8, 4) is 0 Å². The van der Waals surface area contributed by atoms with E-state index < -0.39 is 0 Å². The number of nitrogens with one attached hydrogen (secondary N) is 1. The van der Waals surface area contributed by atoms with Crippen molar-refractivity contribution in [2.24, 2.45) is 0 Å². The highest BCUT2D eigenvalue weighted by molar-refractivity contribution is 5.94. The summed E-state index contributed by atoms with van der Waals surface area (Å²) in [6.07, 6.45) is 0. The number of hydrogen-bond acceptors (Lipinski definition) is 3. The second-order valence-electron chi connectivity index (χ2n) is 9.85. The lowest BCUT2D eigenvalue weighted by Gasteiger charge is -2.39. The Balaban J connectivity index is 1.41. The zero-order valence-electron chi connectivity index (χ0n) is 20.0. The molecule has 0 aromatic heterocycles. The molecule has 0 aliphatic carbocycles. The molecular formula is C29H35N3O. The van der Waals surface area contributed by atoms with Gasteiger partial charge in [0.05, 0.1) is 6.04 Å². The van der Waals surface area contributed by atoms with Crippen LogP contribution in [0.1, 0.15) is 53.9 Å². The van der Waals surface area contributed by atoms with Gasteiger partial charge >= 0.3 is 0 Å². The highest BCUT2D eigenvalue weighted by Gasteiger charge is 2.28. The molecule has 3 aromatic rings. The van der Waals surface area contributed by atoms with Gasteiger partial charge in [-0.05, 0) is 49.6 Å². The minimum atomic E-state index is 0.0749. The summed E-state index contributed by atoms with van der Waals surface area (Å²) in [6.45, 7) is 10.5. The molecular weight excluding hydrogens is 406 g/mol. The lowest BCUT2D eigenvalue weighted by atomic mass is 9.96. The topological polar surface area (TPSA) is 35.6 Å². The van der Waals surface area contributed by atoms with E-state index in [0.717, 1.165) is 38.3 Å². The van der Waals surface area contributed by atoms with Gasteiger partial charge in [-0.25, -0.2) is 0 Å². The van der Waals surface area contributed by atoms with E-state index >= 15 is 0 Å². The highest BCUT2D eigenvalue weighted by atomic mass is 16.2. The molecule has 4 nitrogen and oxygen atoms in total. The zero-order valence-corrected chi connectivity index (χ0v) is 20.0. The van der Waals surface area contributed by atoms with Crippen LogP contribution < -0.4 is 5.32 Å². The Morgan fingerprint density at radius 1 is 0.788 bits per heavy atom. The first kappa shape index (κ1) is 23.2. The van der Waals surface area contributed by atoms with Crippen molar-refractivity contribution in [2.75, 3.05) is 26.2 Å². The number of amides is 1. The van der Waals surface area contributed by atoms with Crippen LogP contribution in [0.4, 0.5) is 0 Å². The molecule has 33 heavy (non-hydrogen) atoms. The number of benzene rings is 3. The lowest BCUT2D eigenvalue weighted by Crippen LogP contribution is -2.49. The molecule has 0 saturated carbocycles. The first-order valence-electron chi connectivity index (χ1n) is 11.9. The number of hydrogen-bond donors (Lipinski definition) is 1. The molecule has 1 saturated heterocycles. The van der Waals surface area contributed by atoms with Crippen molar-refractivity contribution in [3.05, 3.63) is 107 Å². The standard InChI is InChI=1S/C29H35N3O/c1-29(2,3)30-22-23-14-16-26(17-15-23)28(33)32-20-18-31(19-21-32)27(24-10-6-4-7-11-24)25-12-8-5-9-13-25/h4-17,27,30H,18-22H2,1-3H3. The largest absolute Gasteiger partial charge is 0.336 e. The van der Waals surface area contributed by atoms with E-state index in [4.69, 9.17) is 0 Å². The van der Waals surface area contributed by atoms with E-state index in [2.05, 4.69) is 104 Å². The van der Waals surface area contributed by atoms with Crippen molar-refractivity contribution in [1.82, 2.24) is 15.1 Å². The SMILES string of the molecule is CC(C)(C)NCc1ccc(C(=O)N2CCN(C(c3ccccc3)c3ccccc3)CC2)cc1. The third-order valence-electron chi connectivity index (χ3n) is 6.22. The average Bonchev–Trinajstić information content (AvgIpc) is 2.84. The molecule has 1 heterocycles. The van der Waals surface area contributed by atoms with Gasteiger partial charge in [-0.15, -0.1) is 0 Å². The molecule has 172 valence electrons. The quantitative estimate of drug-likeness (QED) is 0.577. The van der Waals surface area contributed by atoms with Crippen LogP contribution >= 0.6 is 0 Å². The maximum atomic E-state index is 13.1. The molecule has 1 aliphatic heterocycles. The summed E-state index contributed by atoms with van der Waals surface area (Å²) in [5, 5.41) is 3.49. The Labute approximate surface area is 198 Å². The van der Waals surface area contributed by atoms with Gasteiger partial charge < -0.3 is 10.2 Å². The second-order valence-corrected chi connectivity index (χ2v) is 9.85. The van der Waals surface area contributed by atoms with Gasteiger partial charge in [0.2, 0.25) is 0 Å². The molecule has 0 radical (unpaired) electrons. The maximum absolute atomic E-state index is 13.1. The summed E-state index contributed by atoms with van der Waals surface area (Å²) < 4.78 is 0. The summed E-state index contributed by atoms with van der Waals surface area (Å²) in [6, 6.07) is 29.6. The fourth-order valence-corrected chi connectivity index (χ4v) is 4.38. The fourth-order valence-electron chi connectivity index (χ4n) is 4.38. The molecule has 1 amide bonds. The van der Waals surface area contributed by atoms with Gasteiger partial charge in [0.15, 0.2) is 0 Å². The summed E-state index contributed by atoms with van der Waals surface area (Å²) in [7, 11) is 0. The van der Waals surface area contributed by atoms with Crippen LogP contribution in [-0.4, -0.2) is 47.4 Å². The van der Waals surface area contributed by atoms with Crippen LogP contribution in [0.15, 0.2) is 84.9 Å². The number of nitrogens with zero attached hydrogens (tertiary/aromatic N) is 2. The molecule has 0 bridgehead atoms. The van der Waals surface area contributed by atoms with Gasteiger partial charge in [-0.3, -0.25) is 9.69 Å². The molecule has 1 fully saturated rings. The third-order valence-corrected chi connectivity index (χ3v) is 6.22. The van der Waals surface area contributed by atoms with Crippen LogP contribution in [0.2, 0.25) is 0 Å². The van der Waals surface area contributed by atoms with Crippen LogP contribution in [0.3, 0.4) is 0 Å². The summed E-state index contributed by atoms with van der Waals surface area (Å²) >= 11 is 0. The van der Waals surface area contributed by atoms with Gasteiger partial charge in [0, 0.05) is 43.8 Å². The Bertz CT molecular complexity index is 978. The minimum Gasteiger partial charge on any atom is -0.336 e. The Morgan fingerprint density at radius 2 is 1.30 bits per heavy atom. The van der Waals surface area contributed by atoms with Crippen molar-refractivity contribution in [3.63, 3.8) is 0 Å². The van der Waals surface area contributed by atoms with E-state index in [9.17, 15) is 4.79 Å². The van der Waals surface area contributed by atoms with E-state index in [-0.39, 0.29) is 17.5 Å². The molecule has 0 atom stereocenters. The number of rotatable bonds is 6. The van der Waals surface area contributed by atoms with Gasteiger partial charge in [-0.2, -0.15) is 0 Å². The predicted octanol–water partition coefficient (Wildman–Crippen LogP) is 5.12. The molecule has 1 aliphatic rings. The predicted molar refractivity (Wildman–Crippen MR) is 135 cm³/mol. The van der Waals surface area contributed by atoms with E-state index in [1.807, 2.05) is 17.0 Å². The highest BCUT2D eigenvalue weighted by Crippen LogP contribution is 2.29. The number of piperazine rings is 1. The molecule has 4 rings (SSSR count). The van der Waals surface area contributed by atoms with Gasteiger partial charge in [-0.1, -0.05) is 72.8 Å². The van der Waals surface area contributed by atoms with Crippen molar-refractivity contribution in [2.45, 2.75) is 38.9 Å². The van der Waals surface area contributed by atoms with Crippen molar-refractivity contribution in [1.29, 1.82) is 0 Å². The summed E-state index contributed by atoms with van der Waals surface area (Å²) in [5.41, 5.74) is 4.63. The molecule has 4 heteroatoms. The first-order chi connectivity index (χ1) is 15.9. The molecule has 1 N–H and O–H groups in total. The third kappa shape index (κ3) is 6.10. The van der Waals surface area contributed by atoms with Crippen LogP contribution in [-0.2, 0) is 6.54 Å². The first-order valence-corrected chi connectivity index (χ1v) is 11.9. The van der Waals surface area contributed by atoms with Crippen LogP contribution in [0, 0.1) is 0 Å². The van der Waals surface area contributed by atoms with E-state index in [1.54, 1.807) is 0 Å². The Hall–Kier alpha value is -2.95. The molecule has 0 spiro atoms. The fraction of sp³-hybridized carbons (Fsp3) is 0.345. The van der Waals surface area contributed by atoms with E-state index in [1.165, 1.54) is 16.7 Å². The average molecular weight is 442 g/mol. The summed E-state index contributed by atoms with van der Waals surface area (Å²) in [5.74, 6) is 0.126. The Kier molecular flexibility index (Phi) is 7.26. The minimum absolute atomic E-state index is 0.0749. The molecule has 0 unspecified atom stereocenters. The zero-order chi connectivity index (χ0) is 23.3. The smallest absolute Gasteiger partial charge is 0.253 e. The lowest BCUT2D eigenvalue weighted by molar-refractivity contribution is 0.0597.